The van der Waals surface area contributed by atoms with Crippen molar-refractivity contribution in [3.8, 4) is 11.5 Å². The van der Waals surface area contributed by atoms with Crippen LogP contribution in [0.5, 0.6) is 11.5 Å². The third-order valence-electron chi connectivity index (χ3n) is 2.46. The standard InChI is InChI=1S/C13H12N2O3/c1-9-5-7-10(8-6-9)18-12-4-2-3-11(14)13(12)15(16)17/h2-8H,14H2,1H3. The van der Waals surface area contributed by atoms with E-state index in [1.54, 1.807) is 18.2 Å². The number of nitro groups is 1. The van der Waals surface area contributed by atoms with Crippen LogP contribution in [0.25, 0.3) is 0 Å². The maximum atomic E-state index is 10.9. The molecule has 92 valence electrons. The number of nitrogens with two attached hydrogens (primary N) is 1. The minimum atomic E-state index is -0.543. The van der Waals surface area contributed by atoms with Gasteiger partial charge in [0.1, 0.15) is 11.4 Å². The number of rotatable bonds is 3. The Morgan fingerprint density at radius 3 is 2.44 bits per heavy atom. The second-order valence-corrected chi connectivity index (χ2v) is 3.87. The van der Waals surface area contributed by atoms with E-state index in [-0.39, 0.29) is 17.1 Å². The van der Waals surface area contributed by atoms with E-state index < -0.39 is 4.92 Å². The van der Waals surface area contributed by atoms with Gasteiger partial charge < -0.3 is 10.5 Å². The molecule has 0 fully saturated rings. The lowest BCUT2D eigenvalue weighted by Crippen LogP contribution is -1.98. The topological polar surface area (TPSA) is 78.4 Å². The quantitative estimate of drug-likeness (QED) is 0.510. The van der Waals surface area contributed by atoms with Crippen molar-refractivity contribution in [2.24, 2.45) is 0 Å². The van der Waals surface area contributed by atoms with Gasteiger partial charge in [0.2, 0.25) is 5.75 Å². The minimum Gasteiger partial charge on any atom is -0.450 e. The van der Waals surface area contributed by atoms with E-state index in [1.165, 1.54) is 12.1 Å². The fourth-order valence-corrected chi connectivity index (χ4v) is 1.55. The van der Waals surface area contributed by atoms with Crippen molar-refractivity contribution < 1.29 is 9.66 Å². The van der Waals surface area contributed by atoms with Crippen LogP contribution >= 0.6 is 0 Å². The summed E-state index contributed by atoms with van der Waals surface area (Å²) >= 11 is 0. The van der Waals surface area contributed by atoms with Crippen LogP contribution in [0.1, 0.15) is 5.56 Å². The van der Waals surface area contributed by atoms with Gasteiger partial charge in [-0.25, -0.2) is 0 Å². The van der Waals surface area contributed by atoms with Crippen molar-refractivity contribution >= 4 is 11.4 Å². The number of nitro benzene ring substituents is 1. The molecule has 2 rings (SSSR count). The van der Waals surface area contributed by atoms with Gasteiger partial charge in [0.05, 0.1) is 4.92 Å². The van der Waals surface area contributed by atoms with Gasteiger partial charge >= 0.3 is 5.69 Å². The first-order valence-corrected chi connectivity index (χ1v) is 5.35. The summed E-state index contributed by atoms with van der Waals surface area (Å²) in [7, 11) is 0. The van der Waals surface area contributed by atoms with Crippen molar-refractivity contribution in [1.29, 1.82) is 0 Å². The summed E-state index contributed by atoms with van der Waals surface area (Å²) in [6.45, 7) is 1.95. The van der Waals surface area contributed by atoms with E-state index in [1.807, 2.05) is 19.1 Å². The molecule has 0 spiro atoms. The first kappa shape index (κ1) is 11.9. The molecule has 0 saturated carbocycles. The highest BCUT2D eigenvalue weighted by Crippen LogP contribution is 2.35. The molecular formula is C13H12N2O3. The molecule has 2 aromatic rings. The maximum Gasteiger partial charge on any atom is 0.334 e. The van der Waals surface area contributed by atoms with Gasteiger partial charge in [-0.2, -0.15) is 0 Å². The average Bonchev–Trinajstić information content (AvgIpc) is 2.32. The second kappa shape index (κ2) is 4.75. The molecule has 18 heavy (non-hydrogen) atoms. The molecule has 0 bridgehead atoms. The molecule has 0 amide bonds. The van der Waals surface area contributed by atoms with Gasteiger partial charge in [0.15, 0.2) is 0 Å². The van der Waals surface area contributed by atoms with Crippen LogP contribution in [-0.2, 0) is 0 Å². The van der Waals surface area contributed by atoms with Crippen molar-refractivity contribution in [2.45, 2.75) is 6.92 Å². The number of hydrogen-bond acceptors (Lipinski definition) is 4. The molecule has 0 unspecified atom stereocenters. The summed E-state index contributed by atoms with van der Waals surface area (Å²) in [6, 6.07) is 11.9. The van der Waals surface area contributed by atoms with E-state index in [0.29, 0.717) is 5.75 Å². The van der Waals surface area contributed by atoms with E-state index in [9.17, 15) is 10.1 Å². The predicted molar refractivity (Wildman–Crippen MR) is 68.8 cm³/mol. The minimum absolute atomic E-state index is 0.0876. The van der Waals surface area contributed by atoms with E-state index >= 15 is 0 Å². The Hall–Kier alpha value is -2.56. The molecule has 0 aromatic heterocycles. The molecule has 2 aromatic carbocycles. The van der Waals surface area contributed by atoms with Gasteiger partial charge in [-0.3, -0.25) is 10.1 Å². The number of anilines is 1. The van der Waals surface area contributed by atoms with Gasteiger partial charge in [-0.1, -0.05) is 23.8 Å². The second-order valence-electron chi connectivity index (χ2n) is 3.87. The number of para-hydroxylation sites is 1. The Balaban J connectivity index is 2.37. The molecule has 0 heterocycles. The lowest BCUT2D eigenvalue weighted by Gasteiger charge is -2.07. The molecule has 2 N–H and O–H groups in total. The molecule has 0 aliphatic carbocycles. The van der Waals surface area contributed by atoms with Gasteiger partial charge in [0.25, 0.3) is 0 Å². The lowest BCUT2D eigenvalue weighted by atomic mass is 10.2. The Morgan fingerprint density at radius 1 is 1.17 bits per heavy atom. The highest BCUT2D eigenvalue weighted by atomic mass is 16.6. The molecule has 0 atom stereocenters. The van der Waals surface area contributed by atoms with E-state index in [4.69, 9.17) is 10.5 Å². The normalized spacial score (nSPS) is 10.1. The monoisotopic (exact) mass is 244 g/mol. The van der Waals surface area contributed by atoms with Crippen molar-refractivity contribution in [3.05, 3.63) is 58.1 Å². The summed E-state index contributed by atoms with van der Waals surface area (Å²) in [6.07, 6.45) is 0. The van der Waals surface area contributed by atoms with Crippen LogP contribution in [0.3, 0.4) is 0 Å². The van der Waals surface area contributed by atoms with E-state index in [2.05, 4.69) is 0 Å². The Kier molecular flexibility index (Phi) is 3.14. The highest BCUT2D eigenvalue weighted by molar-refractivity contribution is 5.66. The molecule has 0 aliphatic heterocycles. The zero-order valence-electron chi connectivity index (χ0n) is 9.79. The van der Waals surface area contributed by atoms with Crippen LogP contribution in [0.15, 0.2) is 42.5 Å². The SMILES string of the molecule is Cc1ccc(Oc2cccc(N)c2[N+](=O)[O-])cc1. The number of nitrogens with zero attached hydrogens (tertiary/aromatic N) is 1. The Labute approximate surface area is 104 Å². The molecule has 0 radical (unpaired) electrons. The van der Waals surface area contributed by atoms with Crippen molar-refractivity contribution in [3.63, 3.8) is 0 Å². The van der Waals surface area contributed by atoms with Crippen LogP contribution in [-0.4, -0.2) is 4.92 Å². The van der Waals surface area contributed by atoms with Crippen molar-refractivity contribution in [1.82, 2.24) is 0 Å². The fraction of sp³-hybridized carbons (Fsp3) is 0.0769. The molecule has 0 aliphatic rings. The number of hydrogen-bond donors (Lipinski definition) is 1. The first-order valence-electron chi connectivity index (χ1n) is 5.35. The number of benzene rings is 2. The van der Waals surface area contributed by atoms with Crippen LogP contribution in [0.2, 0.25) is 0 Å². The smallest absolute Gasteiger partial charge is 0.334 e. The maximum absolute atomic E-state index is 10.9. The van der Waals surface area contributed by atoms with Gasteiger partial charge in [-0.15, -0.1) is 0 Å². The summed E-state index contributed by atoms with van der Waals surface area (Å²) in [5.74, 6) is 0.679. The number of ether oxygens (including phenoxy) is 1. The fourth-order valence-electron chi connectivity index (χ4n) is 1.55. The van der Waals surface area contributed by atoms with Crippen molar-refractivity contribution in [2.75, 3.05) is 5.73 Å². The highest BCUT2D eigenvalue weighted by Gasteiger charge is 2.19. The lowest BCUT2D eigenvalue weighted by molar-refractivity contribution is -0.384. The van der Waals surface area contributed by atoms with Gasteiger partial charge in [0, 0.05) is 0 Å². The van der Waals surface area contributed by atoms with Crippen LogP contribution in [0.4, 0.5) is 11.4 Å². The van der Waals surface area contributed by atoms with Gasteiger partial charge in [-0.05, 0) is 31.2 Å². The molecule has 0 saturated heterocycles. The third-order valence-corrected chi connectivity index (χ3v) is 2.46. The van der Waals surface area contributed by atoms with Crippen LogP contribution in [0, 0.1) is 17.0 Å². The van der Waals surface area contributed by atoms with Crippen LogP contribution < -0.4 is 10.5 Å². The largest absolute Gasteiger partial charge is 0.450 e. The zero-order valence-corrected chi connectivity index (χ0v) is 9.79. The van der Waals surface area contributed by atoms with E-state index in [0.717, 1.165) is 5.56 Å². The molecule has 5 nitrogen and oxygen atoms in total. The Bertz CT molecular complexity index is 579. The molecule has 5 heteroatoms. The average molecular weight is 244 g/mol. The molecular weight excluding hydrogens is 232 g/mol. The first-order chi connectivity index (χ1) is 8.58. The summed E-state index contributed by atoms with van der Waals surface area (Å²) in [5.41, 5.74) is 6.54. The predicted octanol–water partition coefficient (Wildman–Crippen LogP) is 3.28. The number of nitrogen functional groups attached to an aromatic ring is 1. The summed E-state index contributed by atoms with van der Waals surface area (Å²) in [5, 5.41) is 10.9. The summed E-state index contributed by atoms with van der Waals surface area (Å²) < 4.78 is 5.48. The third kappa shape index (κ3) is 2.40. The zero-order chi connectivity index (χ0) is 13.1. The Morgan fingerprint density at radius 2 is 1.83 bits per heavy atom. The summed E-state index contributed by atoms with van der Waals surface area (Å²) in [4.78, 5) is 10.4. The number of aryl methyl sites for hydroxylation is 1.